The van der Waals surface area contributed by atoms with Crippen molar-refractivity contribution in [1.82, 2.24) is 0 Å². The third kappa shape index (κ3) is 1.74. The van der Waals surface area contributed by atoms with Crippen LogP contribution >= 0.6 is 15.9 Å². The molecule has 0 atom stereocenters. The van der Waals surface area contributed by atoms with Gasteiger partial charge in [0.15, 0.2) is 0 Å². The van der Waals surface area contributed by atoms with E-state index < -0.39 is 11.8 Å². The molecule has 0 N–H and O–H groups in total. The Labute approximate surface area is 123 Å². The van der Waals surface area contributed by atoms with Gasteiger partial charge in [-0.05, 0) is 30.3 Å². The number of nitriles is 1. The second kappa shape index (κ2) is 4.58. The molecule has 0 saturated carbocycles. The normalized spacial score (nSPS) is 13.3. The molecule has 0 saturated heterocycles. The molecule has 0 fully saturated rings. The van der Waals surface area contributed by atoms with Gasteiger partial charge in [0.05, 0.1) is 22.4 Å². The summed E-state index contributed by atoms with van der Waals surface area (Å²) in [4.78, 5) is 25.8. The van der Waals surface area contributed by atoms with Crippen LogP contribution in [0.5, 0.6) is 0 Å². The number of carbonyl (C=O) groups is 2. The van der Waals surface area contributed by atoms with Gasteiger partial charge in [0.1, 0.15) is 6.07 Å². The molecule has 2 aromatic rings. The molecule has 1 heterocycles. The fourth-order valence-corrected chi connectivity index (χ4v) is 2.56. The van der Waals surface area contributed by atoms with Gasteiger partial charge < -0.3 is 0 Å². The van der Waals surface area contributed by atoms with Gasteiger partial charge >= 0.3 is 0 Å². The summed E-state index contributed by atoms with van der Waals surface area (Å²) in [5.41, 5.74) is 1.31. The quantitative estimate of drug-likeness (QED) is 0.756. The minimum atomic E-state index is -0.408. The second-order valence-electron chi connectivity index (χ2n) is 4.26. The molecule has 0 unspecified atom stereocenters. The summed E-state index contributed by atoms with van der Waals surface area (Å²) in [5.74, 6) is -0.811. The number of benzene rings is 2. The molecule has 0 aliphatic carbocycles. The van der Waals surface area contributed by atoms with Crippen LogP contribution in [0.15, 0.2) is 46.9 Å². The summed E-state index contributed by atoms with van der Waals surface area (Å²) in [7, 11) is 0. The number of anilines is 1. The number of rotatable bonds is 1. The second-order valence-corrected chi connectivity index (χ2v) is 5.18. The molecule has 2 aromatic carbocycles. The third-order valence-corrected chi connectivity index (χ3v) is 3.61. The summed E-state index contributed by atoms with van der Waals surface area (Å²) in [6.45, 7) is 0. The highest BCUT2D eigenvalue weighted by Crippen LogP contribution is 2.31. The number of imide groups is 1. The van der Waals surface area contributed by atoms with Crippen molar-refractivity contribution in [2.24, 2.45) is 0 Å². The van der Waals surface area contributed by atoms with Gasteiger partial charge in [-0.25, -0.2) is 4.90 Å². The fourth-order valence-electron chi connectivity index (χ4n) is 2.20. The topological polar surface area (TPSA) is 61.2 Å². The monoisotopic (exact) mass is 326 g/mol. The number of carbonyl (C=O) groups excluding carboxylic acids is 2. The average Bonchev–Trinajstić information content (AvgIpc) is 2.70. The first kappa shape index (κ1) is 12.6. The van der Waals surface area contributed by atoms with E-state index in [9.17, 15) is 9.59 Å². The Balaban J connectivity index is 2.17. The van der Waals surface area contributed by atoms with Crippen molar-refractivity contribution in [3.8, 4) is 6.07 Å². The standard InChI is InChI=1S/C15H7BrN2O2/c16-10-5-6-11-12(7-10)15(20)18(14(11)19)13-4-2-1-3-9(13)8-17/h1-7H. The van der Waals surface area contributed by atoms with E-state index in [1.807, 2.05) is 6.07 Å². The first-order valence-electron chi connectivity index (χ1n) is 5.81. The van der Waals surface area contributed by atoms with Crippen molar-refractivity contribution < 1.29 is 9.59 Å². The van der Waals surface area contributed by atoms with E-state index in [0.29, 0.717) is 22.4 Å². The maximum Gasteiger partial charge on any atom is 0.266 e. The first-order valence-corrected chi connectivity index (χ1v) is 6.60. The van der Waals surface area contributed by atoms with Crippen LogP contribution in [0.3, 0.4) is 0 Å². The number of para-hydroxylation sites is 1. The van der Waals surface area contributed by atoms with Crippen LogP contribution in [0.2, 0.25) is 0 Å². The van der Waals surface area contributed by atoms with Crippen LogP contribution < -0.4 is 4.90 Å². The van der Waals surface area contributed by atoms with E-state index in [2.05, 4.69) is 15.9 Å². The van der Waals surface area contributed by atoms with E-state index in [4.69, 9.17) is 5.26 Å². The van der Waals surface area contributed by atoms with E-state index in [1.54, 1.807) is 42.5 Å². The maximum absolute atomic E-state index is 12.4. The predicted octanol–water partition coefficient (Wildman–Crippen LogP) is 3.12. The minimum absolute atomic E-state index is 0.293. The lowest BCUT2D eigenvalue weighted by molar-refractivity contribution is 0.0926. The molecule has 2 amide bonds. The van der Waals surface area contributed by atoms with Gasteiger partial charge in [-0.3, -0.25) is 9.59 Å². The molecule has 1 aliphatic rings. The van der Waals surface area contributed by atoms with Gasteiger partial charge in [0.2, 0.25) is 0 Å². The van der Waals surface area contributed by atoms with Gasteiger partial charge in [-0.2, -0.15) is 5.26 Å². The van der Waals surface area contributed by atoms with Crippen molar-refractivity contribution >= 4 is 33.4 Å². The summed E-state index contributed by atoms with van der Waals surface area (Å²) >= 11 is 3.28. The molecule has 1 aliphatic heterocycles. The summed E-state index contributed by atoms with van der Waals surface area (Å²) in [6, 6.07) is 13.5. The average molecular weight is 327 g/mol. The van der Waals surface area contributed by atoms with Crippen molar-refractivity contribution in [3.05, 3.63) is 63.6 Å². The number of fused-ring (bicyclic) bond motifs is 1. The largest absolute Gasteiger partial charge is 0.268 e. The number of amides is 2. The van der Waals surface area contributed by atoms with E-state index in [-0.39, 0.29) is 0 Å². The number of hydrogen-bond acceptors (Lipinski definition) is 3. The predicted molar refractivity (Wildman–Crippen MR) is 76.4 cm³/mol. The van der Waals surface area contributed by atoms with Gasteiger partial charge in [-0.15, -0.1) is 0 Å². The lowest BCUT2D eigenvalue weighted by atomic mass is 10.1. The summed E-state index contributed by atoms with van der Waals surface area (Å²) in [5, 5.41) is 9.11. The van der Waals surface area contributed by atoms with E-state index >= 15 is 0 Å². The molecular formula is C15H7BrN2O2. The molecule has 4 nitrogen and oxygen atoms in total. The van der Waals surface area contributed by atoms with Crippen LogP contribution in [-0.2, 0) is 0 Å². The molecular weight excluding hydrogens is 320 g/mol. The van der Waals surface area contributed by atoms with Crippen molar-refractivity contribution in [1.29, 1.82) is 5.26 Å². The van der Waals surface area contributed by atoms with E-state index in [1.165, 1.54) is 0 Å². The Hall–Kier alpha value is -2.45. The number of halogens is 1. The lowest BCUT2D eigenvalue weighted by Crippen LogP contribution is -2.30. The van der Waals surface area contributed by atoms with E-state index in [0.717, 1.165) is 9.37 Å². The van der Waals surface area contributed by atoms with Gasteiger partial charge in [0, 0.05) is 4.47 Å². The first-order chi connectivity index (χ1) is 9.63. The number of nitrogens with zero attached hydrogens (tertiary/aromatic N) is 2. The summed E-state index contributed by atoms with van der Waals surface area (Å²) in [6.07, 6.45) is 0. The SMILES string of the molecule is N#Cc1ccccc1N1C(=O)c2ccc(Br)cc2C1=O. The van der Waals surface area contributed by atoms with Gasteiger partial charge in [-0.1, -0.05) is 28.1 Å². The highest BCUT2D eigenvalue weighted by Gasteiger charge is 2.37. The van der Waals surface area contributed by atoms with Crippen LogP contribution in [0.1, 0.15) is 26.3 Å². The Morgan fingerprint density at radius 1 is 1.00 bits per heavy atom. The van der Waals surface area contributed by atoms with Crippen LogP contribution in [0.25, 0.3) is 0 Å². The molecule has 0 spiro atoms. The molecule has 0 bridgehead atoms. The fraction of sp³-hybridized carbons (Fsp3) is 0. The highest BCUT2D eigenvalue weighted by atomic mass is 79.9. The third-order valence-electron chi connectivity index (χ3n) is 3.11. The lowest BCUT2D eigenvalue weighted by Gasteiger charge is -2.14. The zero-order valence-electron chi connectivity index (χ0n) is 10.1. The van der Waals surface area contributed by atoms with Crippen LogP contribution in [0, 0.1) is 11.3 Å². The Morgan fingerprint density at radius 2 is 1.70 bits per heavy atom. The Bertz CT molecular complexity index is 793. The van der Waals surface area contributed by atoms with Crippen molar-refractivity contribution in [2.45, 2.75) is 0 Å². The van der Waals surface area contributed by atoms with Crippen LogP contribution in [0.4, 0.5) is 5.69 Å². The molecule has 0 aromatic heterocycles. The molecule has 5 heteroatoms. The smallest absolute Gasteiger partial charge is 0.266 e. The molecule has 20 heavy (non-hydrogen) atoms. The van der Waals surface area contributed by atoms with Crippen molar-refractivity contribution in [3.63, 3.8) is 0 Å². The maximum atomic E-state index is 12.4. The highest BCUT2D eigenvalue weighted by molar-refractivity contribution is 9.10. The molecule has 0 radical (unpaired) electrons. The Morgan fingerprint density at radius 3 is 2.45 bits per heavy atom. The minimum Gasteiger partial charge on any atom is -0.268 e. The molecule has 96 valence electrons. The van der Waals surface area contributed by atoms with Crippen LogP contribution in [-0.4, -0.2) is 11.8 Å². The summed E-state index contributed by atoms with van der Waals surface area (Å²) < 4.78 is 0.729. The zero-order valence-corrected chi connectivity index (χ0v) is 11.7. The number of hydrogen-bond donors (Lipinski definition) is 0. The van der Waals surface area contributed by atoms with Crippen molar-refractivity contribution in [2.75, 3.05) is 4.90 Å². The van der Waals surface area contributed by atoms with Gasteiger partial charge in [0.25, 0.3) is 11.8 Å². The zero-order chi connectivity index (χ0) is 14.3. The molecule has 3 rings (SSSR count). The Kier molecular flexibility index (Phi) is 2.88.